The Morgan fingerprint density at radius 2 is 0.862 bits per heavy atom. The maximum atomic E-state index is 11.5. The van der Waals surface area contributed by atoms with Crippen LogP contribution in [0, 0.1) is 13.8 Å². The largest absolute Gasteiger partial charge is 0.352 e. The molecule has 0 atom stereocenters. The van der Waals surface area contributed by atoms with E-state index in [2.05, 4.69) is 42.6 Å². The smallest absolute Gasteiger partial charge is 0.166 e. The van der Waals surface area contributed by atoms with Crippen LogP contribution in [0.4, 0.5) is 0 Å². The van der Waals surface area contributed by atoms with Gasteiger partial charge >= 0.3 is 0 Å². The van der Waals surface area contributed by atoms with E-state index >= 15 is 0 Å². The van der Waals surface area contributed by atoms with E-state index in [4.69, 9.17) is 0 Å². The molecular weight excluding hydrogens is 362 g/mol. The Morgan fingerprint density at radius 3 is 1.14 bits per heavy atom. The lowest BCUT2D eigenvalue weighted by Gasteiger charge is -2.06. The van der Waals surface area contributed by atoms with Gasteiger partial charge in [0.05, 0.1) is 34.2 Å². The minimum atomic E-state index is 0.640. The van der Waals surface area contributed by atoms with E-state index in [1.54, 1.807) is 0 Å². The summed E-state index contributed by atoms with van der Waals surface area (Å²) in [6, 6.07) is 0. The van der Waals surface area contributed by atoms with Crippen LogP contribution in [0.3, 0.4) is 0 Å². The van der Waals surface area contributed by atoms with Crippen molar-refractivity contribution in [1.29, 1.82) is 0 Å². The summed E-state index contributed by atoms with van der Waals surface area (Å²) in [6.07, 6.45) is 5.26. The maximum Gasteiger partial charge on any atom is 0.166 e. The van der Waals surface area contributed by atoms with Gasteiger partial charge in [-0.1, -0.05) is 27.7 Å². The fourth-order valence-electron chi connectivity index (χ4n) is 4.64. The Bertz CT molecular complexity index is 980. The molecule has 0 spiro atoms. The fraction of sp³-hybridized carbons (Fsp3) is 0.417. The summed E-state index contributed by atoms with van der Waals surface area (Å²) >= 11 is 0. The monoisotopic (exact) mass is 393 g/mol. The van der Waals surface area contributed by atoms with Gasteiger partial charge < -0.3 is 15.0 Å². The van der Waals surface area contributed by atoms with Crippen LogP contribution in [0.5, 0.6) is 0 Å². The van der Waals surface area contributed by atoms with E-state index < -0.39 is 0 Å². The molecule has 0 unspecified atom stereocenters. The molecule has 0 fully saturated rings. The van der Waals surface area contributed by atoms with Crippen molar-refractivity contribution in [2.24, 2.45) is 0 Å². The van der Waals surface area contributed by atoms with Gasteiger partial charge in [-0.25, -0.2) is 0 Å². The minimum absolute atomic E-state index is 0.640. The molecule has 29 heavy (non-hydrogen) atoms. The second-order valence-corrected chi connectivity index (χ2v) is 7.52. The number of aromatic nitrogens is 3. The first kappa shape index (κ1) is 20.9. The van der Waals surface area contributed by atoms with Crippen LogP contribution < -0.4 is 0 Å². The van der Waals surface area contributed by atoms with Gasteiger partial charge in [0, 0.05) is 0 Å². The number of rotatable bonds is 8. The van der Waals surface area contributed by atoms with Gasteiger partial charge in [-0.2, -0.15) is 0 Å². The van der Waals surface area contributed by atoms with Gasteiger partial charge in [0.2, 0.25) is 0 Å². The lowest BCUT2D eigenvalue weighted by Crippen LogP contribution is -1.93. The predicted octanol–water partition coefficient (Wildman–Crippen LogP) is 5.50. The highest BCUT2D eigenvalue weighted by molar-refractivity contribution is 5.84. The molecule has 5 heteroatoms. The zero-order chi connectivity index (χ0) is 21.3. The third-order valence-corrected chi connectivity index (χ3v) is 6.20. The molecule has 3 aromatic rings. The Hall–Kier alpha value is -2.82. The van der Waals surface area contributed by atoms with Crippen molar-refractivity contribution < 1.29 is 9.59 Å². The zero-order valence-corrected chi connectivity index (χ0v) is 18.3. The first-order valence-corrected chi connectivity index (χ1v) is 10.5. The van der Waals surface area contributed by atoms with Gasteiger partial charge in [-0.3, -0.25) is 9.59 Å². The number of nitrogens with one attached hydrogen (secondary N) is 3. The topological polar surface area (TPSA) is 81.5 Å². The van der Waals surface area contributed by atoms with Crippen molar-refractivity contribution in [2.45, 2.75) is 67.2 Å². The van der Waals surface area contributed by atoms with E-state index in [1.807, 2.05) is 13.8 Å². The quantitative estimate of drug-likeness (QED) is 0.442. The van der Waals surface area contributed by atoms with E-state index in [1.165, 1.54) is 22.3 Å². The van der Waals surface area contributed by atoms with E-state index in [0.717, 1.165) is 72.2 Å². The molecule has 0 aromatic carbocycles. The molecule has 0 radical (unpaired) electrons. The Morgan fingerprint density at radius 1 is 0.552 bits per heavy atom. The van der Waals surface area contributed by atoms with Crippen LogP contribution in [-0.2, 0) is 25.7 Å². The minimum Gasteiger partial charge on any atom is -0.352 e. The number of hydrogen-bond donors (Lipinski definition) is 3. The highest BCUT2D eigenvalue weighted by Crippen LogP contribution is 2.38. The van der Waals surface area contributed by atoms with Crippen molar-refractivity contribution in [2.75, 3.05) is 0 Å². The molecule has 0 saturated carbocycles. The van der Waals surface area contributed by atoms with Crippen molar-refractivity contribution in [3.63, 3.8) is 0 Å². The van der Waals surface area contributed by atoms with Gasteiger partial charge in [0.25, 0.3) is 0 Å². The predicted molar refractivity (Wildman–Crippen MR) is 118 cm³/mol. The molecule has 0 aliphatic rings. The molecule has 0 bridgehead atoms. The van der Waals surface area contributed by atoms with Gasteiger partial charge in [0.1, 0.15) is 0 Å². The van der Waals surface area contributed by atoms with Crippen LogP contribution in [0.1, 0.15) is 82.1 Å². The third kappa shape index (κ3) is 3.18. The first-order chi connectivity index (χ1) is 14.0. The summed E-state index contributed by atoms with van der Waals surface area (Å²) in [5, 5.41) is 0. The van der Waals surface area contributed by atoms with Crippen molar-refractivity contribution >= 4 is 12.6 Å². The van der Waals surface area contributed by atoms with Crippen molar-refractivity contribution in [3.05, 3.63) is 44.8 Å². The summed E-state index contributed by atoms with van der Waals surface area (Å²) in [6.45, 7) is 12.6. The average Bonchev–Trinajstić information content (AvgIpc) is 3.36. The van der Waals surface area contributed by atoms with E-state index in [0.29, 0.717) is 11.4 Å². The summed E-state index contributed by atoms with van der Waals surface area (Å²) in [7, 11) is 0. The summed E-state index contributed by atoms with van der Waals surface area (Å²) < 4.78 is 0. The normalized spacial score (nSPS) is 11.2. The highest BCUT2D eigenvalue weighted by Gasteiger charge is 2.25. The lowest BCUT2D eigenvalue weighted by atomic mass is 9.97. The number of H-pyrrole nitrogens is 3. The standard InChI is InChI=1S/C24H31N3O2/c1-7-15-13(5)19(11-28)25-21(15)23-17(9-3)18(10-4)24(27-23)22-16(8-2)14(6)20(12-29)26-22/h11-12,25-27H,7-10H2,1-6H3. The van der Waals surface area contributed by atoms with Crippen LogP contribution in [0.25, 0.3) is 22.8 Å². The van der Waals surface area contributed by atoms with E-state index in [9.17, 15) is 9.59 Å². The van der Waals surface area contributed by atoms with Crippen LogP contribution >= 0.6 is 0 Å². The van der Waals surface area contributed by atoms with Crippen LogP contribution in [0.15, 0.2) is 0 Å². The molecule has 0 aliphatic carbocycles. The average molecular weight is 394 g/mol. The molecule has 3 N–H and O–H groups in total. The maximum absolute atomic E-state index is 11.5. The number of hydrogen-bond acceptors (Lipinski definition) is 2. The molecule has 3 rings (SSSR count). The Labute approximate surface area is 172 Å². The number of carbonyl (C=O) groups is 2. The number of carbonyl (C=O) groups excluding carboxylic acids is 2. The number of aldehydes is 2. The second kappa shape index (κ2) is 8.27. The first-order valence-electron chi connectivity index (χ1n) is 10.5. The molecular formula is C24H31N3O2. The van der Waals surface area contributed by atoms with Crippen molar-refractivity contribution in [3.8, 4) is 22.8 Å². The molecule has 0 amide bonds. The van der Waals surface area contributed by atoms with Gasteiger partial charge in [0.15, 0.2) is 12.6 Å². The zero-order valence-electron chi connectivity index (χ0n) is 18.3. The number of aromatic amines is 3. The van der Waals surface area contributed by atoms with Crippen LogP contribution in [-0.4, -0.2) is 27.5 Å². The molecule has 154 valence electrons. The van der Waals surface area contributed by atoms with E-state index in [-0.39, 0.29) is 0 Å². The molecule has 3 heterocycles. The summed E-state index contributed by atoms with van der Waals surface area (Å²) in [5.41, 5.74) is 12.3. The SMILES string of the molecule is CCc1c(-c2[nH]c(-c3[nH]c(C=O)c(C)c3CC)c(CC)c2CC)[nH]c(C=O)c1C. The van der Waals surface area contributed by atoms with Gasteiger partial charge in [-0.15, -0.1) is 0 Å². The Balaban J connectivity index is 2.34. The Kier molecular flexibility index (Phi) is 5.96. The molecule has 0 aliphatic heterocycles. The summed E-state index contributed by atoms with van der Waals surface area (Å²) in [5.74, 6) is 0. The van der Waals surface area contributed by atoms with Crippen LogP contribution in [0.2, 0.25) is 0 Å². The second-order valence-electron chi connectivity index (χ2n) is 7.52. The fourth-order valence-corrected chi connectivity index (χ4v) is 4.64. The molecule has 3 aromatic heterocycles. The lowest BCUT2D eigenvalue weighted by molar-refractivity contribution is 0.111. The third-order valence-electron chi connectivity index (χ3n) is 6.20. The molecule has 5 nitrogen and oxygen atoms in total. The molecule has 0 saturated heterocycles. The van der Waals surface area contributed by atoms with Gasteiger partial charge in [-0.05, 0) is 72.9 Å². The highest BCUT2D eigenvalue weighted by atomic mass is 16.1. The summed E-state index contributed by atoms with van der Waals surface area (Å²) in [4.78, 5) is 33.4. The van der Waals surface area contributed by atoms with Crippen molar-refractivity contribution in [1.82, 2.24) is 15.0 Å².